The summed E-state index contributed by atoms with van der Waals surface area (Å²) in [6.07, 6.45) is 1.76. The zero-order valence-electron chi connectivity index (χ0n) is 12.0. The highest BCUT2D eigenvalue weighted by Gasteiger charge is 2.52. The van der Waals surface area contributed by atoms with Crippen molar-refractivity contribution in [3.8, 4) is 0 Å². The first-order chi connectivity index (χ1) is 8.80. The van der Waals surface area contributed by atoms with Crippen LogP contribution in [0.5, 0.6) is 0 Å². The van der Waals surface area contributed by atoms with E-state index in [1.165, 1.54) is 0 Å². The van der Waals surface area contributed by atoms with Gasteiger partial charge < -0.3 is 9.31 Å². The van der Waals surface area contributed by atoms with Crippen LogP contribution in [0.3, 0.4) is 0 Å². The zero-order valence-corrected chi connectivity index (χ0v) is 12.0. The molecule has 100 valence electrons. The summed E-state index contributed by atoms with van der Waals surface area (Å²) in [5.74, 6) is 0.702. The van der Waals surface area contributed by atoms with Crippen LogP contribution in [0.4, 0.5) is 5.82 Å². The Morgan fingerprint density at radius 1 is 1.16 bits per heavy atom. The number of nitrogens with zero attached hydrogens (tertiary/aromatic N) is 3. The summed E-state index contributed by atoms with van der Waals surface area (Å²) < 4.78 is 12.0. The van der Waals surface area contributed by atoms with E-state index in [1.807, 2.05) is 40.7 Å². The van der Waals surface area contributed by atoms with Crippen LogP contribution in [-0.4, -0.2) is 23.3 Å². The molecule has 3 heterocycles. The van der Waals surface area contributed by atoms with E-state index in [0.29, 0.717) is 5.82 Å². The van der Waals surface area contributed by atoms with Crippen molar-refractivity contribution >= 4 is 18.4 Å². The molecule has 0 aliphatic carbocycles. The molecule has 1 unspecified atom stereocenters. The van der Waals surface area contributed by atoms with Crippen molar-refractivity contribution in [1.29, 1.82) is 0 Å². The van der Waals surface area contributed by atoms with Gasteiger partial charge in [-0.25, -0.2) is 4.98 Å². The first-order valence-corrected chi connectivity index (χ1v) is 6.56. The maximum atomic E-state index is 6.02. The third-order valence-electron chi connectivity index (χ3n) is 4.22. The van der Waals surface area contributed by atoms with Gasteiger partial charge in [-0.05, 0) is 34.6 Å². The molecule has 0 spiro atoms. The molecule has 0 amide bonds. The average molecular weight is 259 g/mol. The number of hydrogen-bond acceptors (Lipinski definition) is 5. The minimum absolute atomic E-state index is 0.0601. The van der Waals surface area contributed by atoms with Crippen LogP contribution in [0.15, 0.2) is 22.5 Å². The van der Waals surface area contributed by atoms with E-state index in [-0.39, 0.29) is 24.4 Å². The fraction of sp³-hybridized carbons (Fsp3) is 0.615. The molecule has 1 saturated heterocycles. The number of pyridine rings is 1. The van der Waals surface area contributed by atoms with Gasteiger partial charge in [0, 0.05) is 17.2 Å². The molecule has 19 heavy (non-hydrogen) atoms. The highest BCUT2D eigenvalue weighted by atomic mass is 16.7. The van der Waals surface area contributed by atoms with E-state index >= 15 is 0 Å². The van der Waals surface area contributed by atoms with Crippen LogP contribution in [0.1, 0.15) is 46.2 Å². The predicted molar refractivity (Wildman–Crippen MR) is 72.9 cm³/mol. The van der Waals surface area contributed by atoms with Crippen molar-refractivity contribution in [2.24, 2.45) is 10.2 Å². The summed E-state index contributed by atoms with van der Waals surface area (Å²) >= 11 is 0. The molecule has 2 aliphatic rings. The van der Waals surface area contributed by atoms with Crippen LogP contribution in [0.2, 0.25) is 0 Å². The number of fused-ring (bicyclic) bond motifs is 1. The molecule has 5 nitrogen and oxygen atoms in total. The highest BCUT2D eigenvalue weighted by Crippen LogP contribution is 2.37. The summed E-state index contributed by atoms with van der Waals surface area (Å²) in [7, 11) is -0.379. The highest BCUT2D eigenvalue weighted by molar-refractivity contribution is 6.62. The molecular weight excluding hydrogens is 241 g/mol. The Morgan fingerprint density at radius 3 is 2.42 bits per heavy atom. The Bertz CT molecular complexity index is 541. The van der Waals surface area contributed by atoms with Crippen LogP contribution in [-0.2, 0) is 9.31 Å². The second kappa shape index (κ2) is 3.87. The maximum Gasteiger partial charge on any atom is 0.496 e. The standard InChI is InChI=1S/C13H18BN3O2/c1-8-10-6-9(7-15-11(10)17-16-8)14-18-12(2,3)13(4,5)19-14/h6-8H,1-5H3. The van der Waals surface area contributed by atoms with E-state index < -0.39 is 0 Å². The maximum absolute atomic E-state index is 6.02. The first kappa shape index (κ1) is 12.8. The molecule has 1 aromatic heterocycles. The van der Waals surface area contributed by atoms with E-state index in [4.69, 9.17) is 9.31 Å². The third-order valence-corrected chi connectivity index (χ3v) is 4.22. The molecule has 0 aromatic carbocycles. The molecule has 1 fully saturated rings. The zero-order chi connectivity index (χ0) is 13.8. The topological polar surface area (TPSA) is 56.1 Å². The molecule has 1 aromatic rings. The number of rotatable bonds is 1. The Balaban J connectivity index is 1.92. The Morgan fingerprint density at radius 2 is 1.79 bits per heavy atom. The molecule has 0 radical (unpaired) electrons. The Hall–Kier alpha value is -1.27. The van der Waals surface area contributed by atoms with Gasteiger partial charge in [0.25, 0.3) is 0 Å². The molecule has 6 heteroatoms. The predicted octanol–water partition coefficient (Wildman–Crippen LogP) is 2.54. The van der Waals surface area contributed by atoms with Gasteiger partial charge in [0.15, 0.2) is 5.82 Å². The van der Waals surface area contributed by atoms with Crippen LogP contribution in [0, 0.1) is 0 Å². The fourth-order valence-electron chi connectivity index (χ4n) is 2.19. The Labute approximate surface area is 113 Å². The average Bonchev–Trinajstić information content (AvgIpc) is 2.78. The van der Waals surface area contributed by atoms with E-state index in [0.717, 1.165) is 11.0 Å². The van der Waals surface area contributed by atoms with Crippen molar-refractivity contribution < 1.29 is 9.31 Å². The van der Waals surface area contributed by atoms with Gasteiger partial charge in [0.05, 0.1) is 17.2 Å². The molecule has 0 N–H and O–H groups in total. The van der Waals surface area contributed by atoms with Crippen LogP contribution < -0.4 is 5.46 Å². The van der Waals surface area contributed by atoms with Gasteiger partial charge in [-0.1, -0.05) is 6.07 Å². The van der Waals surface area contributed by atoms with Crippen molar-refractivity contribution in [1.82, 2.24) is 4.98 Å². The molecule has 2 aliphatic heterocycles. The van der Waals surface area contributed by atoms with Gasteiger partial charge in [0.2, 0.25) is 0 Å². The van der Waals surface area contributed by atoms with E-state index in [1.54, 1.807) is 6.20 Å². The second-order valence-corrected chi connectivity index (χ2v) is 6.16. The van der Waals surface area contributed by atoms with Gasteiger partial charge >= 0.3 is 7.12 Å². The van der Waals surface area contributed by atoms with E-state index in [9.17, 15) is 0 Å². The summed E-state index contributed by atoms with van der Waals surface area (Å²) in [6.45, 7) is 10.2. The lowest BCUT2D eigenvalue weighted by Crippen LogP contribution is -2.41. The molecule has 3 rings (SSSR count). The SMILES string of the molecule is CC1N=Nc2ncc(B3OC(C)(C)C(C)(C)O3)cc21. The van der Waals surface area contributed by atoms with Gasteiger partial charge in [0.1, 0.15) is 0 Å². The minimum Gasteiger partial charge on any atom is -0.399 e. The van der Waals surface area contributed by atoms with Crippen LogP contribution >= 0.6 is 0 Å². The first-order valence-electron chi connectivity index (χ1n) is 6.56. The fourth-order valence-corrected chi connectivity index (χ4v) is 2.19. The van der Waals surface area contributed by atoms with Crippen molar-refractivity contribution in [3.05, 3.63) is 17.8 Å². The summed E-state index contributed by atoms with van der Waals surface area (Å²) in [4.78, 5) is 4.33. The van der Waals surface area contributed by atoms with E-state index in [2.05, 4.69) is 15.2 Å². The number of aromatic nitrogens is 1. The summed E-state index contributed by atoms with van der Waals surface area (Å²) in [6, 6.07) is 2.10. The second-order valence-electron chi connectivity index (χ2n) is 6.16. The quantitative estimate of drug-likeness (QED) is 0.728. The summed E-state index contributed by atoms with van der Waals surface area (Å²) in [5, 5.41) is 8.15. The monoisotopic (exact) mass is 259 g/mol. The van der Waals surface area contributed by atoms with Gasteiger partial charge in [-0.15, -0.1) is 5.11 Å². The van der Waals surface area contributed by atoms with Crippen molar-refractivity contribution in [3.63, 3.8) is 0 Å². The normalized spacial score (nSPS) is 26.8. The number of azo groups is 1. The largest absolute Gasteiger partial charge is 0.496 e. The molecule has 0 bridgehead atoms. The smallest absolute Gasteiger partial charge is 0.399 e. The summed E-state index contributed by atoms with van der Waals surface area (Å²) in [5.41, 5.74) is 1.29. The number of hydrogen-bond donors (Lipinski definition) is 0. The third kappa shape index (κ3) is 1.90. The lowest BCUT2D eigenvalue weighted by atomic mass is 9.79. The molecule has 1 atom stereocenters. The lowest BCUT2D eigenvalue weighted by Gasteiger charge is -2.32. The lowest BCUT2D eigenvalue weighted by molar-refractivity contribution is 0.00578. The van der Waals surface area contributed by atoms with Crippen LogP contribution in [0.25, 0.3) is 0 Å². The minimum atomic E-state index is -0.379. The molecular formula is C13H18BN3O2. The van der Waals surface area contributed by atoms with Gasteiger partial charge in [-0.2, -0.15) is 5.11 Å². The molecule has 0 saturated carbocycles. The van der Waals surface area contributed by atoms with Crippen molar-refractivity contribution in [2.75, 3.05) is 0 Å². The van der Waals surface area contributed by atoms with Crippen molar-refractivity contribution in [2.45, 2.75) is 51.9 Å². The Kier molecular flexibility index (Phi) is 2.60. The van der Waals surface area contributed by atoms with Gasteiger partial charge in [-0.3, -0.25) is 0 Å².